The molecule has 0 heterocycles. The smallest absolute Gasteiger partial charge is 0.331 e. The first-order chi connectivity index (χ1) is 7.20. The van der Waals surface area contributed by atoms with E-state index in [4.69, 9.17) is 9.84 Å². The van der Waals surface area contributed by atoms with E-state index in [1.54, 1.807) is 13.0 Å². The van der Waals surface area contributed by atoms with Crippen molar-refractivity contribution in [2.75, 3.05) is 6.61 Å². The molecule has 1 aromatic rings. The lowest BCUT2D eigenvalue weighted by molar-refractivity contribution is -0.132. The molecule has 0 radical (unpaired) electrons. The van der Waals surface area contributed by atoms with Gasteiger partial charge in [0.2, 0.25) is 0 Å². The van der Waals surface area contributed by atoms with E-state index in [2.05, 4.69) is 0 Å². The zero-order chi connectivity index (χ0) is 11.1. The molecule has 1 N–H and O–H groups in total. The van der Waals surface area contributed by atoms with E-state index in [-0.39, 0.29) is 0 Å². The standard InChI is InChI=1S/C12H14O3/c1-10(12(13)14)7-8-15-9-11-5-3-2-4-6-11/h2-7H,8-9H2,1H3,(H,13,14)/b10-7+. The van der Waals surface area contributed by atoms with Gasteiger partial charge < -0.3 is 9.84 Å². The third-order valence-corrected chi connectivity index (χ3v) is 1.96. The number of carboxylic acids is 1. The molecule has 0 unspecified atom stereocenters. The number of carboxylic acid groups (broad SMARTS) is 1. The van der Waals surface area contributed by atoms with Crippen molar-refractivity contribution >= 4 is 5.97 Å². The summed E-state index contributed by atoms with van der Waals surface area (Å²) in [6.45, 7) is 2.38. The molecular formula is C12H14O3. The van der Waals surface area contributed by atoms with E-state index >= 15 is 0 Å². The highest BCUT2D eigenvalue weighted by atomic mass is 16.5. The van der Waals surface area contributed by atoms with Gasteiger partial charge in [-0.1, -0.05) is 30.3 Å². The molecule has 1 rings (SSSR count). The number of hydrogen-bond acceptors (Lipinski definition) is 2. The molecule has 1 aromatic carbocycles. The molecule has 0 aliphatic rings. The minimum atomic E-state index is -0.904. The summed E-state index contributed by atoms with van der Waals surface area (Å²) in [6, 6.07) is 9.76. The van der Waals surface area contributed by atoms with Crippen LogP contribution in [-0.4, -0.2) is 17.7 Å². The average Bonchev–Trinajstić information content (AvgIpc) is 2.25. The fraction of sp³-hybridized carbons (Fsp3) is 0.250. The Balaban J connectivity index is 2.29. The van der Waals surface area contributed by atoms with E-state index in [0.717, 1.165) is 5.56 Å². The normalized spacial score (nSPS) is 11.4. The second-order valence-corrected chi connectivity index (χ2v) is 3.19. The van der Waals surface area contributed by atoms with Crippen LogP contribution < -0.4 is 0 Å². The van der Waals surface area contributed by atoms with Crippen molar-refractivity contribution in [1.29, 1.82) is 0 Å². The number of carbonyl (C=O) groups is 1. The highest BCUT2D eigenvalue weighted by Gasteiger charge is 1.97. The highest BCUT2D eigenvalue weighted by molar-refractivity contribution is 5.85. The Morgan fingerprint density at radius 2 is 2.07 bits per heavy atom. The highest BCUT2D eigenvalue weighted by Crippen LogP contribution is 2.01. The topological polar surface area (TPSA) is 46.5 Å². The average molecular weight is 206 g/mol. The van der Waals surface area contributed by atoms with Crippen molar-refractivity contribution in [1.82, 2.24) is 0 Å². The van der Waals surface area contributed by atoms with Crippen LogP contribution in [0.2, 0.25) is 0 Å². The Morgan fingerprint density at radius 3 is 2.67 bits per heavy atom. The van der Waals surface area contributed by atoms with Gasteiger partial charge in [0.1, 0.15) is 0 Å². The number of rotatable bonds is 5. The van der Waals surface area contributed by atoms with Gasteiger partial charge in [-0.2, -0.15) is 0 Å². The lowest BCUT2D eigenvalue weighted by Crippen LogP contribution is -1.99. The van der Waals surface area contributed by atoms with Gasteiger partial charge in [-0.3, -0.25) is 0 Å². The maximum atomic E-state index is 10.4. The molecule has 0 fully saturated rings. The van der Waals surface area contributed by atoms with Gasteiger partial charge in [0, 0.05) is 5.57 Å². The molecule has 0 amide bonds. The zero-order valence-corrected chi connectivity index (χ0v) is 8.64. The van der Waals surface area contributed by atoms with Crippen molar-refractivity contribution in [3.8, 4) is 0 Å². The van der Waals surface area contributed by atoms with Crippen LogP contribution >= 0.6 is 0 Å². The van der Waals surface area contributed by atoms with Crippen LogP contribution in [0.4, 0.5) is 0 Å². The summed E-state index contributed by atoms with van der Waals surface area (Å²) in [7, 11) is 0. The van der Waals surface area contributed by atoms with Gasteiger partial charge in [-0.05, 0) is 18.6 Å². The van der Waals surface area contributed by atoms with Gasteiger partial charge in [0.25, 0.3) is 0 Å². The molecule has 15 heavy (non-hydrogen) atoms. The number of benzene rings is 1. The molecule has 80 valence electrons. The Morgan fingerprint density at radius 1 is 1.40 bits per heavy atom. The van der Waals surface area contributed by atoms with Gasteiger partial charge in [0.15, 0.2) is 0 Å². The van der Waals surface area contributed by atoms with E-state index in [1.165, 1.54) is 0 Å². The van der Waals surface area contributed by atoms with Crippen molar-refractivity contribution in [2.24, 2.45) is 0 Å². The molecule has 3 nitrogen and oxygen atoms in total. The van der Waals surface area contributed by atoms with E-state index in [9.17, 15) is 4.79 Å². The summed E-state index contributed by atoms with van der Waals surface area (Å²) in [5, 5.41) is 8.57. The fourth-order valence-corrected chi connectivity index (χ4v) is 1.02. The predicted octanol–water partition coefficient (Wildman–Crippen LogP) is 2.23. The van der Waals surface area contributed by atoms with Crippen molar-refractivity contribution in [2.45, 2.75) is 13.5 Å². The SMILES string of the molecule is C/C(=C\COCc1ccccc1)C(=O)O. The van der Waals surface area contributed by atoms with Crippen LogP contribution in [-0.2, 0) is 16.1 Å². The Bertz CT molecular complexity index is 341. The first-order valence-corrected chi connectivity index (χ1v) is 4.72. The molecule has 0 aromatic heterocycles. The molecule has 0 atom stereocenters. The number of ether oxygens (including phenoxy) is 1. The first kappa shape index (κ1) is 11.5. The summed E-state index contributed by atoms with van der Waals surface area (Å²) in [5.41, 5.74) is 1.39. The van der Waals surface area contributed by atoms with E-state index in [1.807, 2.05) is 30.3 Å². The molecular weight excluding hydrogens is 192 g/mol. The second-order valence-electron chi connectivity index (χ2n) is 3.19. The fourth-order valence-electron chi connectivity index (χ4n) is 1.02. The Kier molecular flexibility index (Phi) is 4.57. The van der Waals surface area contributed by atoms with Crippen molar-refractivity contribution in [3.05, 3.63) is 47.5 Å². The molecule has 0 spiro atoms. The van der Waals surface area contributed by atoms with Crippen LogP contribution in [0.1, 0.15) is 12.5 Å². The summed E-state index contributed by atoms with van der Waals surface area (Å²) >= 11 is 0. The maximum absolute atomic E-state index is 10.4. The van der Waals surface area contributed by atoms with E-state index < -0.39 is 5.97 Å². The van der Waals surface area contributed by atoms with Crippen molar-refractivity contribution in [3.63, 3.8) is 0 Å². The lowest BCUT2D eigenvalue weighted by atomic mass is 10.2. The minimum absolute atomic E-state index is 0.308. The van der Waals surface area contributed by atoms with E-state index in [0.29, 0.717) is 18.8 Å². The van der Waals surface area contributed by atoms with Crippen LogP contribution in [0.5, 0.6) is 0 Å². The lowest BCUT2D eigenvalue weighted by Gasteiger charge is -2.01. The van der Waals surface area contributed by atoms with Gasteiger partial charge in [-0.15, -0.1) is 0 Å². The summed E-state index contributed by atoms with van der Waals surface area (Å²) in [4.78, 5) is 10.4. The predicted molar refractivity (Wildman–Crippen MR) is 57.5 cm³/mol. The largest absolute Gasteiger partial charge is 0.478 e. The quantitative estimate of drug-likeness (QED) is 0.593. The van der Waals surface area contributed by atoms with Crippen LogP contribution in [0, 0.1) is 0 Å². The Hall–Kier alpha value is -1.61. The maximum Gasteiger partial charge on any atom is 0.331 e. The summed E-state index contributed by atoms with van der Waals surface area (Å²) in [5.74, 6) is -0.904. The monoisotopic (exact) mass is 206 g/mol. The van der Waals surface area contributed by atoms with Crippen LogP contribution in [0.15, 0.2) is 42.0 Å². The van der Waals surface area contributed by atoms with Gasteiger partial charge in [-0.25, -0.2) is 4.79 Å². The molecule has 0 aliphatic heterocycles. The zero-order valence-electron chi connectivity index (χ0n) is 8.64. The summed E-state index contributed by atoms with van der Waals surface area (Å²) in [6.07, 6.45) is 1.56. The Labute approximate surface area is 89.0 Å². The third kappa shape index (κ3) is 4.42. The van der Waals surface area contributed by atoms with Crippen molar-refractivity contribution < 1.29 is 14.6 Å². The summed E-state index contributed by atoms with van der Waals surface area (Å²) < 4.78 is 5.30. The first-order valence-electron chi connectivity index (χ1n) is 4.72. The van der Waals surface area contributed by atoms with Crippen LogP contribution in [0.25, 0.3) is 0 Å². The van der Waals surface area contributed by atoms with Crippen LogP contribution in [0.3, 0.4) is 0 Å². The molecule has 0 bridgehead atoms. The van der Waals surface area contributed by atoms with Gasteiger partial charge in [0.05, 0.1) is 13.2 Å². The molecule has 0 aliphatic carbocycles. The number of hydrogen-bond donors (Lipinski definition) is 1. The second kappa shape index (κ2) is 5.98. The molecule has 3 heteroatoms. The van der Waals surface area contributed by atoms with Gasteiger partial charge >= 0.3 is 5.97 Å². The molecule has 0 saturated heterocycles. The third-order valence-electron chi connectivity index (χ3n) is 1.96. The molecule has 0 saturated carbocycles. The number of aliphatic carboxylic acids is 1. The minimum Gasteiger partial charge on any atom is -0.478 e.